The van der Waals surface area contributed by atoms with Crippen molar-refractivity contribution >= 4 is 11.0 Å². The van der Waals surface area contributed by atoms with Crippen molar-refractivity contribution in [1.82, 2.24) is 9.55 Å². The van der Waals surface area contributed by atoms with Gasteiger partial charge in [0.05, 0.1) is 42.2 Å². The van der Waals surface area contributed by atoms with E-state index < -0.39 is 17.6 Å². The van der Waals surface area contributed by atoms with Crippen molar-refractivity contribution in [2.45, 2.75) is 37.5 Å². The van der Waals surface area contributed by atoms with E-state index in [9.17, 15) is 8.78 Å². The van der Waals surface area contributed by atoms with Crippen LogP contribution in [0.25, 0.3) is 11.0 Å². The number of fused-ring (bicyclic) bond motifs is 1. The van der Waals surface area contributed by atoms with E-state index in [0.29, 0.717) is 29.8 Å². The minimum absolute atomic E-state index is 0.118. The van der Waals surface area contributed by atoms with Crippen molar-refractivity contribution < 1.29 is 18.3 Å². The molecule has 2 aromatic rings. The summed E-state index contributed by atoms with van der Waals surface area (Å²) in [5.41, 5.74) is 1.87. The largest absolute Gasteiger partial charge is 0.348 e. The van der Waals surface area contributed by atoms with Gasteiger partial charge in [0, 0.05) is 31.7 Å². The van der Waals surface area contributed by atoms with Crippen LogP contribution in [0.3, 0.4) is 0 Å². The van der Waals surface area contributed by atoms with Gasteiger partial charge in [0.2, 0.25) is 0 Å². The zero-order valence-corrected chi connectivity index (χ0v) is 13.0. The molecule has 126 valence electrons. The highest BCUT2D eigenvalue weighted by Gasteiger charge is 2.53. The van der Waals surface area contributed by atoms with E-state index in [2.05, 4.69) is 11.1 Å². The standard InChI is InChI=1S/C17H17F2N3O2/c18-17(19)4-3-16(23-5-6-24-16)8-13(17)10-22-11-21-14-2-1-12(9-20)7-15(14)22/h1-2,7,11,13H,3-6,8,10H2/t13-/m1/s1. The zero-order valence-electron chi connectivity index (χ0n) is 13.0. The van der Waals surface area contributed by atoms with E-state index in [4.69, 9.17) is 14.7 Å². The average Bonchev–Trinajstić information content (AvgIpc) is 3.19. The van der Waals surface area contributed by atoms with Gasteiger partial charge in [-0.3, -0.25) is 0 Å². The van der Waals surface area contributed by atoms with Gasteiger partial charge in [-0.2, -0.15) is 5.26 Å². The van der Waals surface area contributed by atoms with Crippen molar-refractivity contribution in [3.05, 3.63) is 30.1 Å². The first-order valence-corrected chi connectivity index (χ1v) is 8.02. The summed E-state index contributed by atoms with van der Waals surface area (Å²) < 4.78 is 41.8. The first-order valence-electron chi connectivity index (χ1n) is 8.02. The Morgan fingerprint density at radius 3 is 2.83 bits per heavy atom. The summed E-state index contributed by atoms with van der Waals surface area (Å²) in [7, 11) is 0. The van der Waals surface area contributed by atoms with Gasteiger partial charge in [0.1, 0.15) is 0 Å². The Labute approximate surface area is 137 Å². The second-order valence-electron chi connectivity index (χ2n) is 6.48. The molecule has 2 heterocycles. The zero-order chi connectivity index (χ0) is 16.8. The second kappa shape index (κ2) is 5.50. The van der Waals surface area contributed by atoms with Crippen molar-refractivity contribution in [3.63, 3.8) is 0 Å². The number of hydrogen-bond donors (Lipinski definition) is 0. The number of alkyl halides is 2. The molecular formula is C17H17F2N3O2. The molecule has 1 atom stereocenters. The quantitative estimate of drug-likeness (QED) is 0.847. The fourth-order valence-electron chi connectivity index (χ4n) is 3.65. The van der Waals surface area contributed by atoms with Crippen LogP contribution in [0.15, 0.2) is 24.5 Å². The van der Waals surface area contributed by atoms with Gasteiger partial charge in [0.15, 0.2) is 5.79 Å². The highest BCUT2D eigenvalue weighted by atomic mass is 19.3. The van der Waals surface area contributed by atoms with E-state index in [1.807, 2.05) is 0 Å². The lowest BCUT2D eigenvalue weighted by Crippen LogP contribution is -2.47. The second-order valence-corrected chi connectivity index (χ2v) is 6.48. The maximum atomic E-state index is 14.4. The van der Waals surface area contributed by atoms with E-state index in [1.165, 1.54) is 0 Å². The van der Waals surface area contributed by atoms with E-state index in [-0.39, 0.29) is 25.8 Å². The topological polar surface area (TPSA) is 60.1 Å². The number of hydrogen-bond acceptors (Lipinski definition) is 4. The van der Waals surface area contributed by atoms with Gasteiger partial charge < -0.3 is 14.0 Å². The average molecular weight is 333 g/mol. The lowest BCUT2D eigenvalue weighted by atomic mass is 9.81. The van der Waals surface area contributed by atoms with Crippen LogP contribution in [-0.2, 0) is 16.0 Å². The molecule has 1 saturated carbocycles. The lowest BCUT2D eigenvalue weighted by Gasteiger charge is -2.41. The van der Waals surface area contributed by atoms with E-state index in [1.54, 1.807) is 29.1 Å². The van der Waals surface area contributed by atoms with Crippen molar-refractivity contribution in [2.75, 3.05) is 13.2 Å². The number of nitrogens with zero attached hydrogens (tertiary/aromatic N) is 3. The number of benzene rings is 1. The lowest BCUT2D eigenvalue weighted by molar-refractivity contribution is -0.234. The van der Waals surface area contributed by atoms with Crippen molar-refractivity contribution in [1.29, 1.82) is 5.26 Å². The molecule has 2 aliphatic rings. The number of halogens is 2. The Kier molecular flexibility index (Phi) is 3.55. The van der Waals surface area contributed by atoms with Crippen LogP contribution in [0.4, 0.5) is 8.78 Å². The molecule has 2 fully saturated rings. The maximum absolute atomic E-state index is 14.4. The molecule has 1 aliphatic heterocycles. The number of imidazole rings is 1. The molecule has 1 aromatic carbocycles. The molecule has 0 bridgehead atoms. The number of rotatable bonds is 2. The normalized spacial score (nSPS) is 25.1. The Bertz CT molecular complexity index is 806. The number of ether oxygens (including phenoxy) is 2. The van der Waals surface area contributed by atoms with Crippen LogP contribution < -0.4 is 0 Å². The third-order valence-electron chi connectivity index (χ3n) is 4.97. The molecule has 1 saturated heterocycles. The van der Waals surface area contributed by atoms with Gasteiger partial charge in [-0.05, 0) is 18.2 Å². The summed E-state index contributed by atoms with van der Waals surface area (Å²) in [4.78, 5) is 4.24. The van der Waals surface area contributed by atoms with Gasteiger partial charge in [0.25, 0.3) is 5.92 Å². The first-order chi connectivity index (χ1) is 11.5. The Morgan fingerprint density at radius 1 is 1.29 bits per heavy atom. The van der Waals surface area contributed by atoms with Gasteiger partial charge >= 0.3 is 0 Å². The minimum atomic E-state index is -2.77. The van der Waals surface area contributed by atoms with Crippen molar-refractivity contribution in [3.8, 4) is 6.07 Å². The highest BCUT2D eigenvalue weighted by Crippen LogP contribution is 2.47. The third-order valence-corrected chi connectivity index (χ3v) is 4.97. The fourth-order valence-corrected chi connectivity index (χ4v) is 3.65. The molecule has 0 amide bonds. The molecule has 24 heavy (non-hydrogen) atoms. The summed E-state index contributed by atoms with van der Waals surface area (Å²) in [5.74, 6) is -4.53. The molecule has 1 spiro atoms. The van der Waals surface area contributed by atoms with Crippen LogP contribution in [0.5, 0.6) is 0 Å². The molecule has 0 radical (unpaired) electrons. The number of nitriles is 1. The van der Waals surface area contributed by atoms with Crippen LogP contribution in [0, 0.1) is 17.2 Å². The Hall–Kier alpha value is -2.04. The summed E-state index contributed by atoms with van der Waals surface area (Å²) >= 11 is 0. The number of aromatic nitrogens is 2. The Morgan fingerprint density at radius 2 is 2.08 bits per heavy atom. The van der Waals surface area contributed by atoms with Crippen LogP contribution in [-0.4, -0.2) is 34.5 Å². The predicted octanol–water partition coefficient (Wildman–Crippen LogP) is 3.09. The Balaban J connectivity index is 1.64. The van der Waals surface area contributed by atoms with Crippen LogP contribution in [0.2, 0.25) is 0 Å². The van der Waals surface area contributed by atoms with Gasteiger partial charge in [-0.25, -0.2) is 13.8 Å². The van der Waals surface area contributed by atoms with Crippen LogP contribution >= 0.6 is 0 Å². The molecule has 0 N–H and O–H groups in total. The smallest absolute Gasteiger partial charge is 0.253 e. The summed E-state index contributed by atoms with van der Waals surface area (Å²) in [6.45, 7) is 1.03. The van der Waals surface area contributed by atoms with Gasteiger partial charge in [-0.15, -0.1) is 0 Å². The predicted molar refractivity (Wildman–Crippen MR) is 81.4 cm³/mol. The molecule has 1 aliphatic carbocycles. The molecule has 5 nitrogen and oxygen atoms in total. The summed E-state index contributed by atoms with van der Waals surface area (Å²) in [6.07, 6.45) is 1.70. The van der Waals surface area contributed by atoms with E-state index >= 15 is 0 Å². The molecule has 1 aromatic heterocycles. The van der Waals surface area contributed by atoms with Gasteiger partial charge in [-0.1, -0.05) is 0 Å². The molecule has 0 unspecified atom stereocenters. The van der Waals surface area contributed by atoms with E-state index in [0.717, 1.165) is 0 Å². The summed E-state index contributed by atoms with van der Waals surface area (Å²) in [6, 6.07) is 7.15. The third kappa shape index (κ3) is 2.56. The minimum Gasteiger partial charge on any atom is -0.348 e. The SMILES string of the molecule is N#Cc1ccc2ncn(C[C@H]3CC4(CCC3(F)F)OCCO4)c2c1. The molecular weight excluding hydrogens is 316 g/mol. The first kappa shape index (κ1) is 15.5. The van der Waals surface area contributed by atoms with Crippen LogP contribution in [0.1, 0.15) is 24.8 Å². The molecule has 4 rings (SSSR count). The molecule has 7 heteroatoms. The monoisotopic (exact) mass is 333 g/mol. The maximum Gasteiger partial charge on any atom is 0.253 e. The fraction of sp³-hybridized carbons (Fsp3) is 0.529. The summed E-state index contributed by atoms with van der Waals surface area (Å²) in [5, 5.41) is 9.04. The van der Waals surface area contributed by atoms with Crippen molar-refractivity contribution in [2.24, 2.45) is 5.92 Å². The highest BCUT2D eigenvalue weighted by molar-refractivity contribution is 5.76.